The van der Waals surface area contributed by atoms with Gasteiger partial charge in [-0.05, 0) is 43.2 Å². The first kappa shape index (κ1) is 18.9. The van der Waals surface area contributed by atoms with Gasteiger partial charge in [-0.1, -0.05) is 47.9 Å². The molecule has 2 aromatic carbocycles. The lowest BCUT2D eigenvalue weighted by Crippen LogP contribution is -2.37. The third-order valence-corrected chi connectivity index (χ3v) is 4.26. The second kappa shape index (κ2) is 8.68. The lowest BCUT2D eigenvalue weighted by Gasteiger charge is -2.17. The van der Waals surface area contributed by atoms with Gasteiger partial charge in [-0.2, -0.15) is 4.98 Å². The van der Waals surface area contributed by atoms with Crippen LogP contribution in [0.1, 0.15) is 24.8 Å². The molecule has 1 amide bonds. The normalized spacial score (nSPS) is 11.8. The second-order valence-corrected chi connectivity index (χ2v) is 6.45. The fourth-order valence-electron chi connectivity index (χ4n) is 2.53. The molecule has 6 nitrogen and oxygen atoms in total. The maximum Gasteiger partial charge on any atom is 0.261 e. The number of carbonyl (C=O) groups is 1. The Morgan fingerprint density at radius 2 is 2.07 bits per heavy atom. The Morgan fingerprint density at radius 1 is 1.26 bits per heavy atom. The highest BCUT2D eigenvalue weighted by atomic mass is 35.5. The number of benzene rings is 2. The predicted molar refractivity (Wildman–Crippen MR) is 102 cm³/mol. The monoisotopic (exact) mass is 385 g/mol. The average molecular weight is 386 g/mol. The van der Waals surface area contributed by atoms with Crippen LogP contribution >= 0.6 is 11.6 Å². The Kier molecular flexibility index (Phi) is 6.08. The number of halogens is 1. The van der Waals surface area contributed by atoms with Crippen LogP contribution in [-0.4, -0.2) is 22.2 Å². The first-order valence-corrected chi connectivity index (χ1v) is 9.03. The van der Waals surface area contributed by atoms with E-state index in [2.05, 4.69) is 15.5 Å². The molecule has 0 aliphatic rings. The van der Waals surface area contributed by atoms with Gasteiger partial charge >= 0.3 is 0 Å². The summed E-state index contributed by atoms with van der Waals surface area (Å²) < 4.78 is 11.0. The molecule has 0 radical (unpaired) electrons. The fourth-order valence-corrected chi connectivity index (χ4v) is 2.75. The zero-order chi connectivity index (χ0) is 19.2. The van der Waals surface area contributed by atoms with Gasteiger partial charge in [-0.15, -0.1) is 0 Å². The largest absolute Gasteiger partial charge is 0.481 e. The molecule has 3 rings (SSSR count). The van der Waals surface area contributed by atoms with Crippen molar-refractivity contribution in [1.82, 2.24) is 15.5 Å². The zero-order valence-corrected chi connectivity index (χ0v) is 15.9. The molecule has 0 aliphatic carbocycles. The van der Waals surface area contributed by atoms with Gasteiger partial charge in [0.1, 0.15) is 5.75 Å². The van der Waals surface area contributed by atoms with Crippen molar-refractivity contribution >= 4 is 17.5 Å². The number of carbonyl (C=O) groups excluding carboxylic acids is 1. The van der Waals surface area contributed by atoms with Gasteiger partial charge in [-0.3, -0.25) is 4.79 Å². The molecule has 0 aliphatic heterocycles. The Labute approximate surface area is 162 Å². The third-order valence-electron chi connectivity index (χ3n) is 3.93. The van der Waals surface area contributed by atoms with Crippen LogP contribution in [-0.2, 0) is 11.3 Å². The first-order valence-electron chi connectivity index (χ1n) is 8.65. The Morgan fingerprint density at radius 3 is 2.81 bits per heavy atom. The smallest absolute Gasteiger partial charge is 0.261 e. The van der Waals surface area contributed by atoms with Crippen LogP contribution in [0.4, 0.5) is 0 Å². The second-order valence-electron chi connectivity index (χ2n) is 6.04. The molecule has 7 heteroatoms. The standard InChI is InChI=1S/C20H20ClN3O3/c1-3-17(26-14-8-6-7-13(2)11-14)20(25)22-12-18-23-19(24-27-18)15-9-4-5-10-16(15)21/h4-11,17H,3,12H2,1-2H3,(H,22,25)/t17-/m1/s1. The minimum Gasteiger partial charge on any atom is -0.481 e. The molecule has 0 saturated heterocycles. The summed E-state index contributed by atoms with van der Waals surface area (Å²) >= 11 is 6.14. The van der Waals surface area contributed by atoms with Crippen molar-refractivity contribution in [3.8, 4) is 17.1 Å². The van der Waals surface area contributed by atoms with E-state index < -0.39 is 6.10 Å². The van der Waals surface area contributed by atoms with Crippen LogP contribution < -0.4 is 10.1 Å². The van der Waals surface area contributed by atoms with Crippen LogP contribution in [0.15, 0.2) is 53.1 Å². The van der Waals surface area contributed by atoms with Crippen molar-refractivity contribution in [2.45, 2.75) is 32.9 Å². The van der Waals surface area contributed by atoms with Crippen LogP contribution in [0.5, 0.6) is 5.75 Å². The van der Waals surface area contributed by atoms with Gasteiger partial charge in [0.15, 0.2) is 6.10 Å². The average Bonchev–Trinajstić information content (AvgIpc) is 3.13. The number of ether oxygens (including phenoxy) is 1. The van der Waals surface area contributed by atoms with E-state index in [1.807, 2.05) is 50.2 Å². The number of hydrogen-bond acceptors (Lipinski definition) is 5. The number of hydrogen-bond donors (Lipinski definition) is 1. The van der Waals surface area contributed by atoms with Crippen molar-refractivity contribution in [2.75, 3.05) is 0 Å². The number of nitrogens with zero attached hydrogens (tertiary/aromatic N) is 2. The Balaban J connectivity index is 1.60. The van der Waals surface area contributed by atoms with E-state index in [0.29, 0.717) is 34.5 Å². The number of aromatic nitrogens is 2. The quantitative estimate of drug-likeness (QED) is 0.660. The van der Waals surface area contributed by atoms with E-state index >= 15 is 0 Å². The van der Waals surface area contributed by atoms with Crippen LogP contribution in [0, 0.1) is 6.92 Å². The molecule has 0 fully saturated rings. The maximum absolute atomic E-state index is 12.4. The summed E-state index contributed by atoms with van der Waals surface area (Å²) in [5.41, 5.74) is 1.75. The predicted octanol–water partition coefficient (Wildman–Crippen LogP) is 4.17. The molecule has 0 unspecified atom stereocenters. The van der Waals surface area contributed by atoms with Gasteiger partial charge in [0.05, 0.1) is 11.6 Å². The van der Waals surface area contributed by atoms with Crippen LogP contribution in [0.2, 0.25) is 5.02 Å². The van der Waals surface area contributed by atoms with Crippen LogP contribution in [0.3, 0.4) is 0 Å². The highest BCUT2D eigenvalue weighted by Gasteiger charge is 2.19. The minimum absolute atomic E-state index is 0.115. The third kappa shape index (κ3) is 4.86. The highest BCUT2D eigenvalue weighted by molar-refractivity contribution is 6.33. The lowest BCUT2D eigenvalue weighted by atomic mass is 10.2. The summed E-state index contributed by atoms with van der Waals surface area (Å²) in [4.78, 5) is 16.7. The van der Waals surface area contributed by atoms with E-state index in [9.17, 15) is 4.79 Å². The van der Waals surface area contributed by atoms with Crippen LogP contribution in [0.25, 0.3) is 11.4 Å². The molecular weight excluding hydrogens is 366 g/mol. The molecule has 0 saturated carbocycles. The summed E-state index contributed by atoms with van der Waals surface area (Å²) in [5.74, 6) is 1.10. The molecule has 1 N–H and O–H groups in total. The topological polar surface area (TPSA) is 77.2 Å². The van der Waals surface area contributed by atoms with Gasteiger partial charge in [0.2, 0.25) is 11.7 Å². The van der Waals surface area contributed by atoms with E-state index in [0.717, 1.165) is 5.56 Å². The fraction of sp³-hybridized carbons (Fsp3) is 0.250. The molecule has 1 aromatic heterocycles. The molecular formula is C20H20ClN3O3. The number of aryl methyl sites for hydroxylation is 1. The number of rotatable bonds is 7. The van der Waals surface area contributed by atoms with Crippen molar-refractivity contribution in [2.24, 2.45) is 0 Å². The van der Waals surface area contributed by atoms with Crippen molar-refractivity contribution in [3.63, 3.8) is 0 Å². The zero-order valence-electron chi connectivity index (χ0n) is 15.1. The van der Waals surface area contributed by atoms with E-state index in [4.69, 9.17) is 20.9 Å². The molecule has 140 valence electrons. The summed E-state index contributed by atoms with van der Waals surface area (Å²) in [6, 6.07) is 14.8. The van der Waals surface area contributed by atoms with Crippen molar-refractivity contribution in [1.29, 1.82) is 0 Å². The van der Waals surface area contributed by atoms with Crippen molar-refractivity contribution < 1.29 is 14.1 Å². The molecule has 1 heterocycles. The molecule has 1 atom stereocenters. The summed E-state index contributed by atoms with van der Waals surface area (Å²) in [6.45, 7) is 3.98. The Hall–Kier alpha value is -2.86. The SMILES string of the molecule is CC[C@@H](Oc1cccc(C)c1)C(=O)NCc1nc(-c2ccccc2Cl)no1. The van der Waals surface area contributed by atoms with Gasteiger partial charge in [0.25, 0.3) is 5.91 Å². The summed E-state index contributed by atoms with van der Waals surface area (Å²) in [5, 5.41) is 7.22. The molecule has 0 spiro atoms. The molecule has 3 aromatic rings. The minimum atomic E-state index is -0.599. The lowest BCUT2D eigenvalue weighted by molar-refractivity contribution is -0.128. The summed E-state index contributed by atoms with van der Waals surface area (Å²) in [6.07, 6.45) is -0.0631. The number of nitrogens with one attached hydrogen (secondary N) is 1. The summed E-state index contributed by atoms with van der Waals surface area (Å²) in [7, 11) is 0. The molecule has 27 heavy (non-hydrogen) atoms. The van der Waals surface area contributed by atoms with Crippen molar-refractivity contribution in [3.05, 3.63) is 65.0 Å². The van der Waals surface area contributed by atoms with Gasteiger partial charge in [-0.25, -0.2) is 0 Å². The molecule has 0 bridgehead atoms. The highest BCUT2D eigenvalue weighted by Crippen LogP contribution is 2.24. The van der Waals surface area contributed by atoms with E-state index in [-0.39, 0.29) is 12.5 Å². The maximum atomic E-state index is 12.4. The Bertz CT molecular complexity index is 926. The first-order chi connectivity index (χ1) is 13.1. The van der Waals surface area contributed by atoms with E-state index in [1.165, 1.54) is 0 Å². The van der Waals surface area contributed by atoms with E-state index in [1.54, 1.807) is 12.1 Å². The van der Waals surface area contributed by atoms with Gasteiger partial charge in [0, 0.05) is 5.56 Å². The van der Waals surface area contributed by atoms with Gasteiger partial charge < -0.3 is 14.6 Å². The number of amides is 1.